The molecule has 7 heteroatoms. The van der Waals surface area contributed by atoms with Crippen LogP contribution in [0.3, 0.4) is 0 Å². The van der Waals surface area contributed by atoms with Crippen LogP contribution in [0.5, 0.6) is 0 Å². The number of benzene rings is 2. The number of aryl methyl sites for hydroxylation is 1. The molecular weight excluding hydrogens is 340 g/mol. The number of amides is 1. The number of hydrogen-bond donors (Lipinski definition) is 0. The average Bonchev–Trinajstić information content (AvgIpc) is 2.66. The number of hydrogen-bond acceptors (Lipinski definition) is 4. The van der Waals surface area contributed by atoms with Gasteiger partial charge in [-0.25, -0.2) is 13.5 Å². The van der Waals surface area contributed by atoms with Crippen molar-refractivity contribution in [2.45, 2.75) is 17.7 Å². The first kappa shape index (κ1) is 17.4. The van der Waals surface area contributed by atoms with Crippen LogP contribution >= 0.6 is 0 Å². The lowest BCUT2D eigenvalue weighted by Crippen LogP contribution is -2.35. The van der Waals surface area contributed by atoms with Crippen LogP contribution < -0.4 is 4.31 Å². The molecule has 0 unspecified atom stereocenters. The molecule has 0 saturated heterocycles. The van der Waals surface area contributed by atoms with Crippen molar-refractivity contribution in [3.63, 3.8) is 0 Å². The fourth-order valence-corrected chi connectivity index (χ4v) is 4.52. The Morgan fingerprint density at radius 3 is 2.68 bits per heavy atom. The van der Waals surface area contributed by atoms with Gasteiger partial charge in [-0.05, 0) is 42.7 Å². The predicted molar refractivity (Wildman–Crippen MR) is 94.8 cm³/mol. The molecule has 0 saturated carbocycles. The Morgan fingerprint density at radius 2 is 1.92 bits per heavy atom. The summed E-state index contributed by atoms with van der Waals surface area (Å²) in [5.74, 6) is -0.404. The maximum Gasteiger partial charge on any atom is 0.277 e. The highest BCUT2D eigenvalue weighted by Crippen LogP contribution is 2.31. The van der Waals surface area contributed by atoms with Crippen molar-refractivity contribution in [3.05, 3.63) is 59.7 Å². The van der Waals surface area contributed by atoms with Gasteiger partial charge in [0, 0.05) is 19.2 Å². The number of sulfonamides is 1. The van der Waals surface area contributed by atoms with E-state index < -0.39 is 15.9 Å². The molecule has 6 nitrogen and oxygen atoms in total. The van der Waals surface area contributed by atoms with Crippen molar-refractivity contribution in [1.29, 1.82) is 0 Å². The van der Waals surface area contributed by atoms with Crippen LogP contribution in [0.4, 0.5) is 5.69 Å². The Morgan fingerprint density at radius 1 is 1.16 bits per heavy atom. The van der Waals surface area contributed by atoms with Gasteiger partial charge in [-0.2, -0.15) is 0 Å². The third-order valence-corrected chi connectivity index (χ3v) is 6.11. The lowest BCUT2D eigenvalue weighted by atomic mass is 10.0. The lowest BCUT2D eigenvalue weighted by molar-refractivity contribution is -0.0757. The van der Waals surface area contributed by atoms with Crippen LogP contribution in [0.2, 0.25) is 0 Å². The molecule has 0 atom stereocenters. The van der Waals surface area contributed by atoms with E-state index in [-0.39, 0.29) is 10.5 Å². The second kappa shape index (κ2) is 6.85. The topological polar surface area (TPSA) is 66.9 Å². The van der Waals surface area contributed by atoms with Crippen molar-refractivity contribution in [3.8, 4) is 0 Å². The van der Waals surface area contributed by atoms with Gasteiger partial charge in [-0.1, -0.05) is 24.3 Å². The molecule has 0 fully saturated rings. The zero-order valence-corrected chi connectivity index (χ0v) is 15.0. The molecule has 0 N–H and O–H groups in total. The second-order valence-corrected chi connectivity index (χ2v) is 7.68. The quantitative estimate of drug-likeness (QED) is 0.786. The maximum absolute atomic E-state index is 13.1. The number of hydroxylamine groups is 2. The van der Waals surface area contributed by atoms with Gasteiger partial charge in [0.1, 0.15) is 0 Å². The van der Waals surface area contributed by atoms with Crippen molar-refractivity contribution >= 4 is 21.6 Å². The van der Waals surface area contributed by atoms with Gasteiger partial charge in [-0.3, -0.25) is 13.9 Å². The van der Waals surface area contributed by atoms with E-state index in [4.69, 9.17) is 4.84 Å². The van der Waals surface area contributed by atoms with E-state index in [0.717, 1.165) is 23.5 Å². The lowest BCUT2D eigenvalue weighted by Gasteiger charge is -2.30. The van der Waals surface area contributed by atoms with E-state index in [1.165, 1.54) is 30.6 Å². The van der Waals surface area contributed by atoms with Crippen LogP contribution in [0, 0.1) is 0 Å². The fraction of sp³-hybridized carbons (Fsp3) is 0.278. The van der Waals surface area contributed by atoms with Gasteiger partial charge < -0.3 is 0 Å². The fourth-order valence-electron chi connectivity index (χ4n) is 2.93. The van der Waals surface area contributed by atoms with Gasteiger partial charge in [0.05, 0.1) is 17.7 Å². The van der Waals surface area contributed by atoms with E-state index in [1.807, 2.05) is 24.3 Å². The van der Waals surface area contributed by atoms with E-state index in [9.17, 15) is 13.2 Å². The predicted octanol–water partition coefficient (Wildman–Crippen LogP) is 2.46. The minimum atomic E-state index is -3.74. The minimum Gasteiger partial charge on any atom is -0.274 e. The number of carbonyl (C=O) groups excluding carboxylic acids is 1. The molecule has 1 heterocycles. The number of fused-ring (bicyclic) bond motifs is 1. The highest BCUT2D eigenvalue weighted by molar-refractivity contribution is 7.92. The van der Waals surface area contributed by atoms with Crippen LogP contribution in [0.1, 0.15) is 22.3 Å². The largest absolute Gasteiger partial charge is 0.277 e. The molecule has 25 heavy (non-hydrogen) atoms. The molecule has 1 aliphatic rings. The third kappa shape index (κ3) is 3.25. The summed E-state index contributed by atoms with van der Waals surface area (Å²) < 4.78 is 27.7. The molecule has 1 aliphatic heterocycles. The first-order valence-corrected chi connectivity index (χ1v) is 9.42. The number of para-hydroxylation sites is 1. The molecule has 2 aromatic rings. The molecule has 3 rings (SSSR count). The molecule has 0 radical (unpaired) electrons. The van der Waals surface area contributed by atoms with Crippen molar-refractivity contribution in [2.24, 2.45) is 0 Å². The number of anilines is 1. The Kier molecular flexibility index (Phi) is 4.78. The third-order valence-electron chi connectivity index (χ3n) is 4.30. The van der Waals surface area contributed by atoms with E-state index in [2.05, 4.69) is 0 Å². The highest BCUT2D eigenvalue weighted by Gasteiger charge is 2.29. The van der Waals surface area contributed by atoms with Gasteiger partial charge in [0.2, 0.25) is 0 Å². The number of carbonyl (C=O) groups is 1. The van der Waals surface area contributed by atoms with Gasteiger partial charge in [0.15, 0.2) is 0 Å². The zero-order chi connectivity index (χ0) is 18.0. The smallest absolute Gasteiger partial charge is 0.274 e. The zero-order valence-electron chi connectivity index (χ0n) is 14.2. The molecule has 2 aromatic carbocycles. The molecule has 0 spiro atoms. The average molecular weight is 360 g/mol. The van der Waals surface area contributed by atoms with Crippen LogP contribution in [-0.2, 0) is 21.3 Å². The van der Waals surface area contributed by atoms with E-state index >= 15 is 0 Å². The Hall–Kier alpha value is -2.38. The summed E-state index contributed by atoms with van der Waals surface area (Å²) in [4.78, 5) is 17.2. The first-order chi connectivity index (χ1) is 11.9. The Labute approximate surface area is 147 Å². The summed E-state index contributed by atoms with van der Waals surface area (Å²) in [5, 5.41) is 1.06. The second-order valence-electron chi connectivity index (χ2n) is 5.82. The molecule has 132 valence electrons. The van der Waals surface area contributed by atoms with E-state index in [1.54, 1.807) is 12.1 Å². The maximum atomic E-state index is 13.1. The standard InChI is InChI=1S/C18H20N2O4S/c1-19(24-2)18(21)15-8-5-10-16(13-15)25(22,23)20-12-6-9-14-7-3-4-11-17(14)20/h3-5,7-8,10-11,13H,6,9,12H2,1-2H3. The molecule has 0 bridgehead atoms. The summed E-state index contributed by atoms with van der Waals surface area (Å²) in [6.45, 7) is 0.426. The summed E-state index contributed by atoms with van der Waals surface area (Å²) in [6.07, 6.45) is 1.63. The molecule has 0 aromatic heterocycles. The van der Waals surface area contributed by atoms with Crippen LogP contribution in [0.25, 0.3) is 0 Å². The highest BCUT2D eigenvalue weighted by atomic mass is 32.2. The SMILES string of the molecule is CON(C)C(=O)c1cccc(S(=O)(=O)N2CCCc3ccccc32)c1. The van der Waals surface area contributed by atoms with Crippen molar-refractivity contribution < 1.29 is 18.0 Å². The molecule has 0 aliphatic carbocycles. The van der Waals surface area contributed by atoms with E-state index in [0.29, 0.717) is 12.2 Å². The minimum absolute atomic E-state index is 0.0968. The van der Waals surface area contributed by atoms with Gasteiger partial charge in [0.25, 0.3) is 15.9 Å². The van der Waals surface area contributed by atoms with Crippen LogP contribution in [-0.4, -0.2) is 40.1 Å². The number of nitrogens with zero attached hydrogens (tertiary/aromatic N) is 2. The van der Waals surface area contributed by atoms with Gasteiger partial charge in [-0.15, -0.1) is 0 Å². The first-order valence-electron chi connectivity index (χ1n) is 7.98. The van der Waals surface area contributed by atoms with Gasteiger partial charge >= 0.3 is 0 Å². The van der Waals surface area contributed by atoms with Crippen molar-refractivity contribution in [2.75, 3.05) is 25.0 Å². The monoisotopic (exact) mass is 360 g/mol. The Bertz CT molecular complexity index is 895. The summed E-state index contributed by atoms with van der Waals surface area (Å²) >= 11 is 0. The normalized spacial score (nSPS) is 14.1. The summed E-state index contributed by atoms with van der Waals surface area (Å²) in [5.41, 5.74) is 1.99. The summed E-state index contributed by atoms with van der Waals surface area (Å²) in [6, 6.07) is 13.6. The Balaban J connectivity index is 2.01. The molecule has 1 amide bonds. The van der Waals surface area contributed by atoms with Crippen LogP contribution in [0.15, 0.2) is 53.4 Å². The molecular formula is C18H20N2O4S. The number of rotatable bonds is 4. The van der Waals surface area contributed by atoms with Crippen molar-refractivity contribution in [1.82, 2.24) is 5.06 Å². The summed E-state index contributed by atoms with van der Waals surface area (Å²) in [7, 11) is -0.887.